The van der Waals surface area contributed by atoms with Crippen LogP contribution >= 0.6 is 0 Å². The van der Waals surface area contributed by atoms with E-state index >= 15 is 0 Å². The zero-order chi connectivity index (χ0) is 20.9. The highest BCUT2D eigenvalue weighted by molar-refractivity contribution is 5.72. The van der Waals surface area contributed by atoms with Crippen LogP contribution in [0.25, 0.3) is 16.9 Å². The smallest absolute Gasteiger partial charge is 0.309 e. The Bertz CT molecular complexity index is 975. The summed E-state index contributed by atoms with van der Waals surface area (Å²) in [5.41, 5.74) is 4.31. The quantitative estimate of drug-likeness (QED) is 0.639. The first-order chi connectivity index (χ1) is 14.7. The molecular formula is C24H28N3O3+. The average molecular weight is 407 g/mol. The van der Waals surface area contributed by atoms with Gasteiger partial charge in [-0.15, -0.1) is 0 Å². The molecular weight excluding hydrogens is 378 g/mol. The molecule has 1 aliphatic rings. The lowest BCUT2D eigenvalue weighted by atomic mass is 9.96. The van der Waals surface area contributed by atoms with Crippen molar-refractivity contribution < 1.29 is 19.2 Å². The number of rotatable bonds is 6. The Morgan fingerprint density at radius 1 is 1.07 bits per heavy atom. The fourth-order valence-corrected chi connectivity index (χ4v) is 4.12. The number of carbonyl (C=O) groups excluding carboxylic acids is 1. The summed E-state index contributed by atoms with van der Waals surface area (Å²) >= 11 is 0. The molecule has 0 spiro atoms. The number of hydrogen-bond donors (Lipinski definition) is 1. The summed E-state index contributed by atoms with van der Waals surface area (Å²) in [6, 6.07) is 18.2. The number of carbonyl (C=O) groups is 1. The molecule has 6 nitrogen and oxygen atoms in total. The number of ether oxygens (including phenoxy) is 2. The molecule has 0 unspecified atom stereocenters. The van der Waals surface area contributed by atoms with Crippen molar-refractivity contribution in [2.45, 2.75) is 19.4 Å². The lowest BCUT2D eigenvalue weighted by molar-refractivity contribution is -0.919. The van der Waals surface area contributed by atoms with Crippen molar-refractivity contribution in [2.75, 3.05) is 27.3 Å². The van der Waals surface area contributed by atoms with Gasteiger partial charge >= 0.3 is 5.97 Å². The van der Waals surface area contributed by atoms with E-state index in [1.54, 1.807) is 7.11 Å². The van der Waals surface area contributed by atoms with Crippen LogP contribution in [0.5, 0.6) is 5.75 Å². The van der Waals surface area contributed by atoms with Crippen LogP contribution in [-0.4, -0.2) is 43.1 Å². The lowest BCUT2D eigenvalue weighted by Crippen LogP contribution is -3.11. The maximum absolute atomic E-state index is 11.8. The van der Waals surface area contributed by atoms with Crippen molar-refractivity contribution in [1.29, 1.82) is 0 Å². The van der Waals surface area contributed by atoms with Gasteiger partial charge in [0.25, 0.3) is 0 Å². The molecule has 1 fully saturated rings. The molecule has 2 aromatic carbocycles. The summed E-state index contributed by atoms with van der Waals surface area (Å²) < 4.78 is 12.2. The van der Waals surface area contributed by atoms with Crippen LogP contribution in [0.4, 0.5) is 0 Å². The number of likely N-dealkylation sites (tertiary alicyclic amines) is 1. The SMILES string of the molecule is COC(=O)C1CC[NH+](Cc2cn(-c3ccccc3)nc2-c2ccc(OC)cc2)CC1. The van der Waals surface area contributed by atoms with E-state index in [4.69, 9.17) is 14.6 Å². The van der Waals surface area contributed by atoms with Crippen molar-refractivity contribution in [2.24, 2.45) is 5.92 Å². The Labute approximate surface area is 177 Å². The fraction of sp³-hybridized carbons (Fsp3) is 0.333. The number of nitrogens with zero attached hydrogens (tertiary/aromatic N) is 2. The Kier molecular flexibility index (Phi) is 6.14. The van der Waals surface area contributed by atoms with Gasteiger partial charge in [-0.05, 0) is 36.4 Å². The largest absolute Gasteiger partial charge is 0.497 e. The van der Waals surface area contributed by atoms with Crippen LogP contribution in [-0.2, 0) is 16.1 Å². The van der Waals surface area contributed by atoms with Crippen LogP contribution in [0.2, 0.25) is 0 Å². The number of benzene rings is 2. The van der Waals surface area contributed by atoms with E-state index in [-0.39, 0.29) is 11.9 Å². The third-order valence-corrected chi connectivity index (χ3v) is 5.84. The molecule has 1 N–H and O–H groups in total. The molecule has 0 amide bonds. The van der Waals surface area contributed by atoms with Crippen molar-refractivity contribution >= 4 is 5.97 Å². The first-order valence-corrected chi connectivity index (χ1v) is 10.4. The molecule has 156 valence electrons. The number of piperidine rings is 1. The molecule has 0 atom stereocenters. The molecule has 1 aromatic heterocycles. The first-order valence-electron chi connectivity index (χ1n) is 10.4. The maximum atomic E-state index is 11.8. The molecule has 6 heteroatoms. The van der Waals surface area contributed by atoms with Gasteiger partial charge in [0.1, 0.15) is 18.0 Å². The van der Waals surface area contributed by atoms with E-state index in [0.29, 0.717) is 0 Å². The summed E-state index contributed by atoms with van der Waals surface area (Å²) in [7, 11) is 3.15. The highest BCUT2D eigenvalue weighted by atomic mass is 16.5. The van der Waals surface area contributed by atoms with Gasteiger partial charge in [0.05, 0.1) is 44.5 Å². The Hall–Kier alpha value is -3.12. The second-order valence-corrected chi connectivity index (χ2v) is 7.74. The van der Waals surface area contributed by atoms with Crippen LogP contribution in [0, 0.1) is 5.92 Å². The molecule has 3 aromatic rings. The van der Waals surface area contributed by atoms with E-state index in [2.05, 4.69) is 30.5 Å². The van der Waals surface area contributed by atoms with E-state index in [9.17, 15) is 4.79 Å². The fourth-order valence-electron chi connectivity index (χ4n) is 4.12. The summed E-state index contributed by atoms with van der Waals surface area (Å²) in [6.07, 6.45) is 3.87. The topological polar surface area (TPSA) is 57.8 Å². The Morgan fingerprint density at radius 2 is 1.77 bits per heavy atom. The third kappa shape index (κ3) is 4.39. The number of quaternary nitrogens is 1. The first kappa shape index (κ1) is 20.2. The van der Waals surface area contributed by atoms with Gasteiger partial charge in [-0.25, -0.2) is 4.68 Å². The molecule has 4 rings (SSSR count). The molecule has 0 bridgehead atoms. The normalized spacial score (nSPS) is 18.7. The monoisotopic (exact) mass is 406 g/mol. The molecule has 0 radical (unpaired) electrons. The minimum Gasteiger partial charge on any atom is -0.497 e. The second kappa shape index (κ2) is 9.13. The number of para-hydroxylation sites is 1. The molecule has 2 heterocycles. The molecule has 1 saturated heterocycles. The maximum Gasteiger partial charge on any atom is 0.309 e. The number of methoxy groups -OCH3 is 2. The molecule has 1 aliphatic heterocycles. The average Bonchev–Trinajstić information content (AvgIpc) is 3.23. The van der Waals surface area contributed by atoms with Gasteiger partial charge in [0.15, 0.2) is 0 Å². The zero-order valence-corrected chi connectivity index (χ0v) is 17.5. The van der Waals surface area contributed by atoms with Crippen LogP contribution < -0.4 is 9.64 Å². The van der Waals surface area contributed by atoms with Crippen LogP contribution in [0.15, 0.2) is 60.8 Å². The number of nitrogens with one attached hydrogen (secondary N) is 1. The summed E-state index contributed by atoms with van der Waals surface area (Å²) in [5.74, 6) is 0.787. The Morgan fingerprint density at radius 3 is 2.40 bits per heavy atom. The highest BCUT2D eigenvalue weighted by Crippen LogP contribution is 2.25. The van der Waals surface area contributed by atoms with Crippen molar-refractivity contribution in [3.63, 3.8) is 0 Å². The number of aromatic nitrogens is 2. The van der Waals surface area contributed by atoms with E-state index in [1.165, 1.54) is 17.6 Å². The van der Waals surface area contributed by atoms with E-state index in [1.807, 2.05) is 35.0 Å². The zero-order valence-electron chi connectivity index (χ0n) is 17.5. The van der Waals surface area contributed by atoms with Crippen LogP contribution in [0.3, 0.4) is 0 Å². The van der Waals surface area contributed by atoms with E-state index < -0.39 is 0 Å². The molecule has 0 saturated carbocycles. The summed E-state index contributed by atoms with van der Waals surface area (Å²) in [6.45, 7) is 2.79. The molecule has 30 heavy (non-hydrogen) atoms. The molecule has 0 aliphatic carbocycles. The van der Waals surface area contributed by atoms with Gasteiger partial charge in [-0.1, -0.05) is 18.2 Å². The van der Waals surface area contributed by atoms with Crippen molar-refractivity contribution in [3.05, 3.63) is 66.4 Å². The predicted octanol–water partition coefficient (Wildman–Crippen LogP) is 2.52. The Balaban J connectivity index is 1.59. The van der Waals surface area contributed by atoms with E-state index in [0.717, 1.165) is 55.2 Å². The number of hydrogen-bond acceptors (Lipinski definition) is 4. The third-order valence-electron chi connectivity index (χ3n) is 5.84. The lowest BCUT2D eigenvalue weighted by Gasteiger charge is -2.27. The van der Waals surface area contributed by atoms with Crippen LogP contribution in [0.1, 0.15) is 18.4 Å². The van der Waals surface area contributed by atoms with Crippen molar-refractivity contribution in [1.82, 2.24) is 9.78 Å². The standard InChI is InChI=1S/C24H27N3O3/c1-29-22-10-8-18(9-11-22)23-20(17-27(25-23)21-6-4-3-5-7-21)16-26-14-12-19(13-15-26)24(28)30-2/h3-11,17,19H,12-16H2,1-2H3/p+1. The minimum atomic E-state index is -0.0788. The second-order valence-electron chi connectivity index (χ2n) is 7.74. The van der Waals surface area contributed by atoms with Gasteiger partial charge in [0.2, 0.25) is 0 Å². The number of esters is 1. The van der Waals surface area contributed by atoms with Crippen molar-refractivity contribution in [3.8, 4) is 22.7 Å². The summed E-state index contributed by atoms with van der Waals surface area (Å²) in [5, 5.41) is 4.92. The minimum absolute atomic E-state index is 0.0341. The predicted molar refractivity (Wildman–Crippen MR) is 115 cm³/mol. The van der Waals surface area contributed by atoms with Gasteiger partial charge in [-0.3, -0.25) is 4.79 Å². The van der Waals surface area contributed by atoms with Gasteiger partial charge in [-0.2, -0.15) is 5.10 Å². The van der Waals surface area contributed by atoms with Gasteiger partial charge in [0, 0.05) is 24.6 Å². The summed E-state index contributed by atoms with van der Waals surface area (Å²) in [4.78, 5) is 13.3. The highest BCUT2D eigenvalue weighted by Gasteiger charge is 2.29. The van der Waals surface area contributed by atoms with Gasteiger partial charge < -0.3 is 14.4 Å².